The van der Waals surface area contributed by atoms with Crippen molar-refractivity contribution in [1.29, 1.82) is 0 Å². The Bertz CT molecular complexity index is 683. The Kier molecular flexibility index (Phi) is 5.74. The molecule has 0 saturated carbocycles. The maximum absolute atomic E-state index is 6.37. The third kappa shape index (κ3) is 4.41. The summed E-state index contributed by atoms with van der Waals surface area (Å²) in [6, 6.07) is 8.52. The molecule has 1 aromatic carbocycles. The van der Waals surface area contributed by atoms with Crippen LogP contribution in [-0.4, -0.2) is 23.1 Å². The lowest BCUT2D eigenvalue weighted by atomic mass is 10.0. The van der Waals surface area contributed by atoms with E-state index in [1.54, 1.807) is 6.33 Å². The maximum atomic E-state index is 6.37. The van der Waals surface area contributed by atoms with E-state index in [2.05, 4.69) is 58.3 Å². The molecular weight excluding hydrogens is 310 g/mol. The Morgan fingerprint density at radius 1 is 1.24 bits per heavy atom. The maximum Gasteiger partial charge on any atom is 0.159 e. The molecule has 1 fully saturated rings. The van der Waals surface area contributed by atoms with Crippen LogP contribution in [0.15, 0.2) is 30.6 Å². The summed E-state index contributed by atoms with van der Waals surface area (Å²) in [7, 11) is 0. The van der Waals surface area contributed by atoms with Crippen molar-refractivity contribution >= 4 is 23.0 Å². The molecule has 0 bridgehead atoms. The molecule has 0 radical (unpaired) electrons. The van der Waals surface area contributed by atoms with Crippen LogP contribution >= 0.6 is 0 Å². The smallest absolute Gasteiger partial charge is 0.159 e. The highest BCUT2D eigenvalue weighted by atomic mass is 15.2. The molecule has 1 aliphatic heterocycles. The number of nitrogens with zero attached hydrogens (tertiary/aromatic N) is 3. The van der Waals surface area contributed by atoms with Gasteiger partial charge in [0.1, 0.15) is 12.0 Å². The van der Waals surface area contributed by atoms with Gasteiger partial charge in [0.25, 0.3) is 0 Å². The molecule has 1 aliphatic rings. The van der Waals surface area contributed by atoms with Gasteiger partial charge in [-0.15, -0.1) is 0 Å². The van der Waals surface area contributed by atoms with Gasteiger partial charge in [0, 0.05) is 18.8 Å². The van der Waals surface area contributed by atoms with Gasteiger partial charge in [-0.2, -0.15) is 0 Å². The number of unbranched alkanes of at least 4 members (excludes halogenated alkanes) is 1. The van der Waals surface area contributed by atoms with E-state index >= 15 is 0 Å². The highest BCUT2D eigenvalue weighted by Crippen LogP contribution is 2.31. The SMILES string of the molecule is CCCCc1ccc(Nc2ncnc(N3CCCC(C)C3)c2N)cc1. The Morgan fingerprint density at radius 2 is 2.04 bits per heavy atom. The number of nitrogens with one attached hydrogen (secondary N) is 1. The fourth-order valence-electron chi connectivity index (χ4n) is 3.39. The van der Waals surface area contributed by atoms with Gasteiger partial charge >= 0.3 is 0 Å². The number of aromatic nitrogens is 2. The Hall–Kier alpha value is -2.30. The van der Waals surface area contributed by atoms with Gasteiger partial charge < -0.3 is 16.0 Å². The van der Waals surface area contributed by atoms with Gasteiger partial charge in [0.05, 0.1) is 0 Å². The van der Waals surface area contributed by atoms with E-state index in [0.29, 0.717) is 17.4 Å². The number of nitrogens with two attached hydrogens (primary N) is 1. The highest BCUT2D eigenvalue weighted by Gasteiger charge is 2.21. The quantitative estimate of drug-likeness (QED) is 0.817. The molecule has 0 spiro atoms. The number of rotatable bonds is 6. The van der Waals surface area contributed by atoms with E-state index in [-0.39, 0.29) is 0 Å². The van der Waals surface area contributed by atoms with Gasteiger partial charge in [-0.1, -0.05) is 32.4 Å². The summed E-state index contributed by atoms with van der Waals surface area (Å²) in [5.74, 6) is 2.21. The van der Waals surface area contributed by atoms with Crippen LogP contribution in [0.2, 0.25) is 0 Å². The van der Waals surface area contributed by atoms with Crippen molar-refractivity contribution in [3.05, 3.63) is 36.2 Å². The predicted octanol–water partition coefficient (Wildman–Crippen LogP) is 4.38. The van der Waals surface area contributed by atoms with Crippen molar-refractivity contribution in [2.45, 2.75) is 46.0 Å². The Labute approximate surface area is 150 Å². The van der Waals surface area contributed by atoms with Gasteiger partial charge in [-0.05, 0) is 49.3 Å². The van der Waals surface area contributed by atoms with Gasteiger partial charge in [-0.25, -0.2) is 9.97 Å². The minimum Gasteiger partial charge on any atom is -0.393 e. The van der Waals surface area contributed by atoms with Crippen molar-refractivity contribution in [2.24, 2.45) is 5.92 Å². The molecule has 2 aromatic rings. The van der Waals surface area contributed by atoms with E-state index in [1.807, 2.05) is 0 Å². The first kappa shape index (κ1) is 17.5. The van der Waals surface area contributed by atoms with Gasteiger partial charge in [-0.3, -0.25) is 0 Å². The van der Waals surface area contributed by atoms with Crippen molar-refractivity contribution in [3.63, 3.8) is 0 Å². The average Bonchev–Trinajstić information content (AvgIpc) is 2.63. The number of aryl methyl sites for hydroxylation is 1. The minimum absolute atomic E-state index is 0.631. The van der Waals surface area contributed by atoms with E-state index in [1.165, 1.54) is 31.2 Å². The molecule has 5 heteroatoms. The van der Waals surface area contributed by atoms with Crippen LogP contribution in [0.4, 0.5) is 23.0 Å². The highest BCUT2D eigenvalue weighted by molar-refractivity contribution is 5.78. The predicted molar refractivity (Wildman–Crippen MR) is 105 cm³/mol. The molecule has 134 valence electrons. The van der Waals surface area contributed by atoms with E-state index in [4.69, 9.17) is 5.73 Å². The average molecular weight is 339 g/mol. The lowest BCUT2D eigenvalue weighted by molar-refractivity contribution is 0.445. The normalized spacial score (nSPS) is 17.5. The third-order valence-corrected chi connectivity index (χ3v) is 4.86. The molecule has 1 aromatic heterocycles. The molecule has 5 nitrogen and oxygen atoms in total. The molecule has 3 rings (SSSR count). The first-order valence-corrected chi connectivity index (χ1v) is 9.38. The molecule has 3 N–H and O–H groups in total. The number of hydrogen-bond donors (Lipinski definition) is 2. The van der Waals surface area contributed by atoms with E-state index in [0.717, 1.165) is 31.0 Å². The van der Waals surface area contributed by atoms with Crippen LogP contribution < -0.4 is 16.0 Å². The van der Waals surface area contributed by atoms with Crippen LogP contribution in [-0.2, 0) is 6.42 Å². The number of nitrogen functional groups attached to an aromatic ring is 1. The van der Waals surface area contributed by atoms with Crippen molar-refractivity contribution in [3.8, 4) is 0 Å². The standard InChI is InChI=1S/C20H29N5/c1-3-4-7-16-8-10-17(11-9-16)24-19-18(21)20(23-14-22-19)25-12-5-6-15(2)13-25/h8-11,14-15H,3-7,12-13,21H2,1-2H3,(H,22,23,24). The topological polar surface area (TPSA) is 67.1 Å². The van der Waals surface area contributed by atoms with Gasteiger partial charge in [0.15, 0.2) is 11.6 Å². The summed E-state index contributed by atoms with van der Waals surface area (Å²) in [4.78, 5) is 11.1. The first-order chi connectivity index (χ1) is 12.2. The summed E-state index contributed by atoms with van der Waals surface area (Å²) in [5, 5.41) is 3.34. The Morgan fingerprint density at radius 3 is 2.76 bits per heavy atom. The van der Waals surface area contributed by atoms with Crippen LogP contribution in [0.3, 0.4) is 0 Å². The first-order valence-electron chi connectivity index (χ1n) is 9.38. The summed E-state index contributed by atoms with van der Waals surface area (Å²) in [5.41, 5.74) is 9.38. The zero-order valence-corrected chi connectivity index (χ0v) is 15.3. The molecule has 25 heavy (non-hydrogen) atoms. The molecule has 0 amide bonds. The zero-order valence-electron chi connectivity index (χ0n) is 15.3. The van der Waals surface area contributed by atoms with Crippen LogP contribution in [0.25, 0.3) is 0 Å². The van der Waals surface area contributed by atoms with E-state index < -0.39 is 0 Å². The van der Waals surface area contributed by atoms with Crippen LogP contribution in [0.5, 0.6) is 0 Å². The summed E-state index contributed by atoms with van der Waals surface area (Å²) < 4.78 is 0. The summed E-state index contributed by atoms with van der Waals surface area (Å²) >= 11 is 0. The van der Waals surface area contributed by atoms with Crippen LogP contribution in [0, 0.1) is 5.92 Å². The second-order valence-electron chi connectivity index (χ2n) is 7.08. The van der Waals surface area contributed by atoms with Gasteiger partial charge in [0.2, 0.25) is 0 Å². The lowest BCUT2D eigenvalue weighted by Gasteiger charge is -2.32. The fourth-order valence-corrected chi connectivity index (χ4v) is 3.39. The largest absolute Gasteiger partial charge is 0.393 e. The van der Waals surface area contributed by atoms with Crippen LogP contribution in [0.1, 0.15) is 45.1 Å². The summed E-state index contributed by atoms with van der Waals surface area (Å²) in [6.07, 6.45) is 7.63. The Balaban J connectivity index is 1.73. The second-order valence-corrected chi connectivity index (χ2v) is 7.08. The molecule has 1 atom stereocenters. The van der Waals surface area contributed by atoms with Crippen molar-refractivity contribution in [2.75, 3.05) is 29.0 Å². The minimum atomic E-state index is 0.631. The lowest BCUT2D eigenvalue weighted by Crippen LogP contribution is -2.35. The fraction of sp³-hybridized carbons (Fsp3) is 0.500. The van der Waals surface area contributed by atoms with Crippen molar-refractivity contribution < 1.29 is 0 Å². The molecular formula is C20H29N5. The third-order valence-electron chi connectivity index (χ3n) is 4.86. The zero-order chi connectivity index (χ0) is 17.6. The molecule has 1 unspecified atom stereocenters. The second kappa shape index (κ2) is 8.19. The number of benzene rings is 1. The number of hydrogen-bond acceptors (Lipinski definition) is 5. The van der Waals surface area contributed by atoms with E-state index in [9.17, 15) is 0 Å². The molecule has 2 heterocycles. The summed E-state index contributed by atoms with van der Waals surface area (Å²) in [6.45, 7) is 6.52. The van der Waals surface area contributed by atoms with Crippen molar-refractivity contribution in [1.82, 2.24) is 9.97 Å². The monoisotopic (exact) mass is 339 g/mol. The number of anilines is 4. The molecule has 1 saturated heterocycles. The number of piperidine rings is 1. The molecule has 0 aliphatic carbocycles.